The van der Waals surface area contributed by atoms with E-state index in [0.29, 0.717) is 0 Å². The van der Waals surface area contributed by atoms with E-state index >= 15 is 0 Å². The first-order valence-electron chi connectivity index (χ1n) is 9.85. The van der Waals surface area contributed by atoms with Crippen LogP contribution < -0.4 is 10.1 Å². The molecule has 0 spiro atoms. The molecule has 2 aromatic rings. The molecule has 4 heteroatoms. The largest absolute Gasteiger partial charge is 0.491 e. The van der Waals surface area contributed by atoms with Crippen molar-refractivity contribution in [2.24, 2.45) is 5.92 Å². The van der Waals surface area contributed by atoms with Gasteiger partial charge in [0.2, 0.25) is 5.91 Å². The molecule has 4 nitrogen and oxygen atoms in total. The minimum absolute atomic E-state index is 0.0777. The van der Waals surface area contributed by atoms with Gasteiger partial charge in [0, 0.05) is 24.2 Å². The number of aryl methyl sites for hydroxylation is 1. The summed E-state index contributed by atoms with van der Waals surface area (Å²) in [6.07, 6.45) is 1.92. The van der Waals surface area contributed by atoms with Gasteiger partial charge in [-0.25, -0.2) is 0 Å². The average molecular weight is 367 g/mol. The fourth-order valence-corrected chi connectivity index (χ4v) is 3.47. The molecule has 1 heterocycles. The molecule has 1 saturated heterocycles. The Morgan fingerprint density at radius 1 is 1.15 bits per heavy atom. The summed E-state index contributed by atoms with van der Waals surface area (Å²) >= 11 is 0. The zero-order valence-corrected chi connectivity index (χ0v) is 16.6. The van der Waals surface area contributed by atoms with Crippen LogP contribution in [0, 0.1) is 12.8 Å². The predicted molar refractivity (Wildman–Crippen MR) is 110 cm³/mol. The molecule has 1 aliphatic rings. The third-order valence-corrected chi connectivity index (χ3v) is 4.96. The first kappa shape index (κ1) is 19.4. The van der Waals surface area contributed by atoms with E-state index in [0.717, 1.165) is 43.9 Å². The number of hydrogen-bond acceptors (Lipinski definition) is 3. The Bertz CT molecular complexity index is 747. The Hall–Kier alpha value is -2.33. The fourth-order valence-electron chi connectivity index (χ4n) is 3.47. The topological polar surface area (TPSA) is 41.6 Å². The van der Waals surface area contributed by atoms with Gasteiger partial charge in [-0.2, -0.15) is 0 Å². The number of hydrogen-bond donors (Lipinski definition) is 1. The van der Waals surface area contributed by atoms with Crippen molar-refractivity contribution in [3.63, 3.8) is 0 Å². The highest BCUT2D eigenvalue weighted by molar-refractivity contribution is 5.92. The second-order valence-corrected chi connectivity index (χ2v) is 7.72. The first-order chi connectivity index (χ1) is 13.0. The third kappa shape index (κ3) is 5.83. The van der Waals surface area contributed by atoms with Crippen molar-refractivity contribution >= 4 is 11.6 Å². The summed E-state index contributed by atoms with van der Waals surface area (Å²) < 4.78 is 5.70. The molecule has 144 valence electrons. The summed E-state index contributed by atoms with van der Waals surface area (Å²) in [6.45, 7) is 8.98. The van der Waals surface area contributed by atoms with E-state index in [1.807, 2.05) is 38.1 Å². The number of likely N-dealkylation sites (tertiary alicyclic amines) is 1. The summed E-state index contributed by atoms with van der Waals surface area (Å²) in [4.78, 5) is 15.1. The van der Waals surface area contributed by atoms with Crippen molar-refractivity contribution in [3.05, 3.63) is 59.7 Å². The van der Waals surface area contributed by atoms with Crippen LogP contribution in [0.2, 0.25) is 0 Å². The summed E-state index contributed by atoms with van der Waals surface area (Å²) in [6, 6.07) is 16.3. The van der Waals surface area contributed by atoms with Crippen molar-refractivity contribution in [3.8, 4) is 5.75 Å². The number of amides is 1. The van der Waals surface area contributed by atoms with Gasteiger partial charge in [0.05, 0.1) is 6.10 Å². The molecule has 0 aromatic heterocycles. The van der Waals surface area contributed by atoms with Gasteiger partial charge in [-0.15, -0.1) is 0 Å². The summed E-state index contributed by atoms with van der Waals surface area (Å²) in [7, 11) is 0. The lowest BCUT2D eigenvalue weighted by Crippen LogP contribution is -2.37. The van der Waals surface area contributed by atoms with Crippen LogP contribution in [0.15, 0.2) is 48.5 Å². The number of rotatable bonds is 6. The second-order valence-electron chi connectivity index (χ2n) is 7.72. The van der Waals surface area contributed by atoms with Crippen LogP contribution in [0.25, 0.3) is 0 Å². The maximum atomic E-state index is 12.6. The van der Waals surface area contributed by atoms with E-state index in [4.69, 9.17) is 4.74 Å². The van der Waals surface area contributed by atoms with Crippen LogP contribution in [0.3, 0.4) is 0 Å². The molecule has 1 N–H and O–H groups in total. The Morgan fingerprint density at radius 3 is 2.52 bits per heavy atom. The smallest absolute Gasteiger partial charge is 0.227 e. The highest BCUT2D eigenvalue weighted by Gasteiger charge is 2.25. The van der Waals surface area contributed by atoms with Crippen LogP contribution in [-0.2, 0) is 11.3 Å². The summed E-state index contributed by atoms with van der Waals surface area (Å²) in [5.41, 5.74) is 3.43. The van der Waals surface area contributed by atoms with Crippen molar-refractivity contribution in [1.29, 1.82) is 0 Å². The van der Waals surface area contributed by atoms with Crippen molar-refractivity contribution in [2.45, 2.75) is 46.3 Å². The molecule has 2 aromatic carbocycles. The number of ether oxygens (including phenoxy) is 1. The Kier molecular flexibility index (Phi) is 6.51. The average Bonchev–Trinajstić information content (AvgIpc) is 2.64. The maximum Gasteiger partial charge on any atom is 0.227 e. The normalized spacial score (nSPS) is 15.7. The van der Waals surface area contributed by atoms with Gasteiger partial charge in [0.25, 0.3) is 0 Å². The second kappa shape index (κ2) is 9.05. The molecule has 1 amide bonds. The summed E-state index contributed by atoms with van der Waals surface area (Å²) in [5, 5.41) is 3.06. The van der Waals surface area contributed by atoms with Crippen LogP contribution in [0.1, 0.15) is 37.8 Å². The third-order valence-electron chi connectivity index (χ3n) is 4.96. The number of nitrogens with one attached hydrogen (secondary N) is 1. The molecule has 0 aliphatic carbocycles. The molecular weight excluding hydrogens is 336 g/mol. The first-order valence-corrected chi connectivity index (χ1v) is 9.85. The molecule has 0 bridgehead atoms. The van der Waals surface area contributed by atoms with Crippen LogP contribution in [0.5, 0.6) is 5.75 Å². The standard InChI is InChI=1S/C23H30N2O2/c1-17(2)27-22-6-4-5-21(15-22)24-23(26)20-11-13-25(14-12-20)16-19-9-7-18(3)8-10-19/h4-10,15,17,20H,11-14,16H2,1-3H3,(H,24,26). The Morgan fingerprint density at radius 2 is 1.85 bits per heavy atom. The zero-order chi connectivity index (χ0) is 19.2. The molecule has 0 saturated carbocycles. The van der Waals surface area contributed by atoms with E-state index in [2.05, 4.69) is 41.4 Å². The highest BCUT2D eigenvalue weighted by Crippen LogP contribution is 2.23. The van der Waals surface area contributed by atoms with E-state index in [-0.39, 0.29) is 17.9 Å². The lowest BCUT2D eigenvalue weighted by molar-refractivity contribution is -0.121. The van der Waals surface area contributed by atoms with Crippen LogP contribution in [-0.4, -0.2) is 30.0 Å². The van der Waals surface area contributed by atoms with E-state index < -0.39 is 0 Å². The van der Waals surface area contributed by atoms with E-state index in [1.54, 1.807) is 0 Å². The highest BCUT2D eigenvalue weighted by atomic mass is 16.5. The summed E-state index contributed by atoms with van der Waals surface area (Å²) in [5.74, 6) is 0.983. The van der Waals surface area contributed by atoms with Gasteiger partial charge in [-0.05, 0) is 64.4 Å². The zero-order valence-electron chi connectivity index (χ0n) is 16.6. The van der Waals surface area contributed by atoms with Crippen molar-refractivity contribution in [1.82, 2.24) is 4.90 Å². The quantitative estimate of drug-likeness (QED) is 0.810. The molecule has 0 radical (unpaired) electrons. The van der Waals surface area contributed by atoms with Crippen LogP contribution in [0.4, 0.5) is 5.69 Å². The number of benzene rings is 2. The molecule has 27 heavy (non-hydrogen) atoms. The minimum atomic E-state index is 0.0777. The number of anilines is 1. The van der Waals surface area contributed by atoms with Gasteiger partial charge in [0.15, 0.2) is 0 Å². The fraction of sp³-hybridized carbons (Fsp3) is 0.435. The lowest BCUT2D eigenvalue weighted by atomic mass is 9.95. The predicted octanol–water partition coefficient (Wildman–Crippen LogP) is 4.63. The SMILES string of the molecule is Cc1ccc(CN2CCC(C(=O)Nc3cccc(OC(C)C)c3)CC2)cc1. The van der Waals surface area contributed by atoms with Gasteiger partial charge in [-0.3, -0.25) is 9.69 Å². The minimum Gasteiger partial charge on any atom is -0.491 e. The van der Waals surface area contributed by atoms with Gasteiger partial charge < -0.3 is 10.1 Å². The molecule has 1 aliphatic heterocycles. The van der Waals surface area contributed by atoms with E-state index in [9.17, 15) is 4.79 Å². The van der Waals surface area contributed by atoms with E-state index in [1.165, 1.54) is 11.1 Å². The number of piperidine rings is 1. The van der Waals surface area contributed by atoms with Crippen molar-refractivity contribution in [2.75, 3.05) is 18.4 Å². The number of carbonyl (C=O) groups is 1. The maximum absolute atomic E-state index is 12.6. The monoisotopic (exact) mass is 366 g/mol. The number of carbonyl (C=O) groups excluding carboxylic acids is 1. The molecule has 0 atom stereocenters. The van der Waals surface area contributed by atoms with Gasteiger partial charge in [0.1, 0.15) is 5.75 Å². The number of nitrogens with zero attached hydrogens (tertiary/aromatic N) is 1. The Labute approximate surface area is 162 Å². The van der Waals surface area contributed by atoms with Gasteiger partial charge in [-0.1, -0.05) is 35.9 Å². The van der Waals surface area contributed by atoms with Crippen molar-refractivity contribution < 1.29 is 9.53 Å². The molecule has 0 unspecified atom stereocenters. The van der Waals surface area contributed by atoms with Gasteiger partial charge >= 0.3 is 0 Å². The molecule has 1 fully saturated rings. The molecule has 3 rings (SSSR count). The Balaban J connectivity index is 1.49. The van der Waals surface area contributed by atoms with Crippen LogP contribution >= 0.6 is 0 Å². The molecular formula is C23H30N2O2. The lowest BCUT2D eigenvalue weighted by Gasteiger charge is -2.31.